The van der Waals surface area contributed by atoms with E-state index in [0.29, 0.717) is 53.9 Å². The van der Waals surface area contributed by atoms with Crippen LogP contribution in [0.2, 0.25) is 0 Å². The van der Waals surface area contributed by atoms with Crippen LogP contribution in [0.25, 0.3) is 0 Å². The smallest absolute Gasteiger partial charge is 0.271 e. The number of ether oxygens (including phenoxy) is 3. The van der Waals surface area contributed by atoms with Crippen LogP contribution < -0.4 is 19.6 Å². The van der Waals surface area contributed by atoms with Crippen LogP contribution in [0, 0.1) is 10.1 Å². The first kappa shape index (κ1) is 22.7. The SMILES string of the molecule is CCOc1cc(C(=O)N/N=C(\C)c2ccc([N+](=O)[O-])cc2)cc(OCC)c1OCC. The summed E-state index contributed by atoms with van der Waals surface area (Å²) < 4.78 is 16.9. The second-order valence-electron chi connectivity index (χ2n) is 6.04. The highest BCUT2D eigenvalue weighted by atomic mass is 16.6. The number of hydrazone groups is 1. The molecule has 0 saturated carbocycles. The van der Waals surface area contributed by atoms with Crippen molar-refractivity contribution >= 4 is 17.3 Å². The first-order valence-electron chi connectivity index (χ1n) is 9.57. The van der Waals surface area contributed by atoms with Crippen molar-refractivity contribution in [1.29, 1.82) is 0 Å². The van der Waals surface area contributed by atoms with Crippen LogP contribution in [0.15, 0.2) is 41.5 Å². The van der Waals surface area contributed by atoms with E-state index < -0.39 is 10.8 Å². The summed E-state index contributed by atoms with van der Waals surface area (Å²) in [6.07, 6.45) is 0. The van der Waals surface area contributed by atoms with Crippen LogP contribution in [0.1, 0.15) is 43.6 Å². The van der Waals surface area contributed by atoms with E-state index in [4.69, 9.17) is 14.2 Å². The Hall–Kier alpha value is -3.62. The molecule has 0 aromatic heterocycles. The van der Waals surface area contributed by atoms with Crippen molar-refractivity contribution in [1.82, 2.24) is 5.43 Å². The molecule has 0 spiro atoms. The summed E-state index contributed by atoms with van der Waals surface area (Å²) >= 11 is 0. The van der Waals surface area contributed by atoms with Crippen LogP contribution in [-0.2, 0) is 0 Å². The molecule has 0 radical (unpaired) electrons. The topological polar surface area (TPSA) is 112 Å². The van der Waals surface area contributed by atoms with Gasteiger partial charge in [-0.15, -0.1) is 0 Å². The van der Waals surface area contributed by atoms with E-state index in [2.05, 4.69) is 10.5 Å². The number of non-ortho nitro benzene ring substituents is 1. The fraction of sp³-hybridized carbons (Fsp3) is 0.333. The lowest BCUT2D eigenvalue weighted by molar-refractivity contribution is -0.384. The van der Waals surface area contributed by atoms with Gasteiger partial charge in [-0.25, -0.2) is 5.43 Å². The van der Waals surface area contributed by atoms with Gasteiger partial charge in [-0.3, -0.25) is 14.9 Å². The maximum atomic E-state index is 12.6. The van der Waals surface area contributed by atoms with Gasteiger partial charge in [-0.2, -0.15) is 5.10 Å². The van der Waals surface area contributed by atoms with Crippen LogP contribution in [0.5, 0.6) is 17.2 Å². The summed E-state index contributed by atoms with van der Waals surface area (Å²) in [7, 11) is 0. The number of rotatable bonds is 10. The summed E-state index contributed by atoms with van der Waals surface area (Å²) in [6.45, 7) is 8.42. The number of nitrogens with zero attached hydrogens (tertiary/aromatic N) is 2. The van der Waals surface area contributed by atoms with E-state index in [9.17, 15) is 14.9 Å². The van der Waals surface area contributed by atoms with E-state index in [1.165, 1.54) is 12.1 Å². The van der Waals surface area contributed by atoms with E-state index in [1.54, 1.807) is 31.2 Å². The molecular formula is C21H25N3O6. The lowest BCUT2D eigenvalue weighted by atomic mass is 10.1. The van der Waals surface area contributed by atoms with Crippen molar-refractivity contribution in [3.63, 3.8) is 0 Å². The standard InChI is InChI=1S/C21H25N3O6/c1-5-28-18-12-16(13-19(29-6-2)20(18)30-7-3)21(25)23-22-14(4)15-8-10-17(11-9-15)24(26)27/h8-13H,5-7H2,1-4H3,(H,23,25)/b22-14+. The molecule has 0 saturated heterocycles. The second-order valence-corrected chi connectivity index (χ2v) is 6.04. The van der Waals surface area contributed by atoms with Crippen molar-refractivity contribution in [2.24, 2.45) is 5.10 Å². The first-order valence-corrected chi connectivity index (χ1v) is 9.57. The third-order valence-corrected chi connectivity index (χ3v) is 3.99. The molecule has 1 N–H and O–H groups in total. The molecule has 30 heavy (non-hydrogen) atoms. The van der Waals surface area contributed by atoms with Gasteiger partial charge in [0, 0.05) is 17.7 Å². The van der Waals surface area contributed by atoms with Gasteiger partial charge in [0.2, 0.25) is 5.75 Å². The monoisotopic (exact) mass is 415 g/mol. The van der Waals surface area contributed by atoms with E-state index in [-0.39, 0.29) is 5.69 Å². The summed E-state index contributed by atoms with van der Waals surface area (Å²) in [5.74, 6) is 0.808. The largest absolute Gasteiger partial charge is 0.490 e. The first-order chi connectivity index (χ1) is 14.4. The van der Waals surface area contributed by atoms with Gasteiger partial charge in [-0.05, 0) is 57.5 Å². The minimum atomic E-state index is -0.476. The second kappa shape index (κ2) is 10.8. The number of hydrogen-bond donors (Lipinski definition) is 1. The minimum Gasteiger partial charge on any atom is -0.490 e. The van der Waals surface area contributed by atoms with E-state index in [0.717, 1.165) is 0 Å². The molecule has 0 atom stereocenters. The highest BCUT2D eigenvalue weighted by molar-refractivity contribution is 6.01. The van der Waals surface area contributed by atoms with E-state index >= 15 is 0 Å². The normalized spacial score (nSPS) is 11.0. The van der Waals surface area contributed by atoms with Crippen molar-refractivity contribution in [2.75, 3.05) is 19.8 Å². The van der Waals surface area contributed by atoms with Crippen molar-refractivity contribution in [3.8, 4) is 17.2 Å². The van der Waals surface area contributed by atoms with Gasteiger partial charge in [-0.1, -0.05) is 0 Å². The quantitative estimate of drug-likeness (QED) is 0.357. The number of nitro groups is 1. The summed E-state index contributed by atoms with van der Waals surface area (Å²) in [4.78, 5) is 22.9. The molecular weight excluding hydrogens is 390 g/mol. The lowest BCUT2D eigenvalue weighted by Crippen LogP contribution is -2.20. The fourth-order valence-electron chi connectivity index (χ4n) is 2.61. The molecule has 0 aliphatic heterocycles. The number of carbonyl (C=O) groups is 1. The molecule has 2 rings (SSSR count). The number of nitro benzene ring substituents is 1. The van der Waals surface area contributed by atoms with Gasteiger partial charge < -0.3 is 14.2 Å². The maximum absolute atomic E-state index is 12.6. The molecule has 160 valence electrons. The zero-order valence-electron chi connectivity index (χ0n) is 17.4. The van der Waals surface area contributed by atoms with Crippen LogP contribution in [0.4, 0.5) is 5.69 Å². The van der Waals surface area contributed by atoms with E-state index in [1.807, 2.05) is 20.8 Å². The Balaban J connectivity index is 2.26. The Labute approximate surface area is 174 Å². The number of amides is 1. The third kappa shape index (κ3) is 5.69. The molecule has 9 heteroatoms. The van der Waals surface area contributed by atoms with Gasteiger partial charge in [0.25, 0.3) is 11.6 Å². The Morgan fingerprint density at radius 2 is 1.50 bits per heavy atom. The van der Waals surface area contributed by atoms with Crippen molar-refractivity contribution < 1.29 is 23.9 Å². The van der Waals surface area contributed by atoms with Crippen LogP contribution >= 0.6 is 0 Å². The number of benzene rings is 2. The molecule has 1 amide bonds. The average Bonchev–Trinajstić information content (AvgIpc) is 2.74. The highest BCUT2D eigenvalue weighted by Gasteiger charge is 2.18. The zero-order chi connectivity index (χ0) is 22.1. The van der Waals surface area contributed by atoms with Gasteiger partial charge in [0.1, 0.15) is 0 Å². The van der Waals surface area contributed by atoms with Crippen molar-refractivity contribution in [3.05, 3.63) is 57.6 Å². The fourth-order valence-corrected chi connectivity index (χ4v) is 2.61. The molecule has 0 aliphatic carbocycles. The zero-order valence-corrected chi connectivity index (χ0v) is 17.4. The van der Waals surface area contributed by atoms with Crippen LogP contribution in [-0.4, -0.2) is 36.4 Å². The summed E-state index contributed by atoms with van der Waals surface area (Å²) in [5, 5.41) is 14.8. The minimum absolute atomic E-state index is 0.0168. The Bertz CT molecular complexity index is 898. The number of nitrogens with one attached hydrogen (secondary N) is 1. The van der Waals surface area contributed by atoms with Gasteiger partial charge in [0.15, 0.2) is 11.5 Å². The number of carbonyl (C=O) groups excluding carboxylic acids is 1. The Morgan fingerprint density at radius 3 is 1.97 bits per heavy atom. The molecule has 0 fully saturated rings. The predicted octanol–water partition coefficient (Wildman–Crippen LogP) is 3.94. The predicted molar refractivity (Wildman–Crippen MR) is 113 cm³/mol. The molecule has 2 aromatic rings. The molecule has 0 heterocycles. The summed E-state index contributed by atoms with van der Waals surface area (Å²) in [6, 6.07) is 9.05. The number of hydrogen-bond acceptors (Lipinski definition) is 7. The average molecular weight is 415 g/mol. The Morgan fingerprint density at radius 1 is 0.967 bits per heavy atom. The molecule has 0 unspecified atom stereocenters. The molecule has 9 nitrogen and oxygen atoms in total. The highest BCUT2D eigenvalue weighted by Crippen LogP contribution is 2.39. The summed E-state index contributed by atoms with van der Waals surface area (Å²) in [5.41, 5.74) is 3.92. The Kier molecular flexibility index (Phi) is 8.16. The third-order valence-electron chi connectivity index (χ3n) is 3.99. The molecule has 2 aromatic carbocycles. The molecule has 0 bridgehead atoms. The van der Waals surface area contributed by atoms with Gasteiger partial charge >= 0.3 is 0 Å². The van der Waals surface area contributed by atoms with Crippen molar-refractivity contribution in [2.45, 2.75) is 27.7 Å². The van der Waals surface area contributed by atoms with Gasteiger partial charge in [0.05, 0.1) is 30.5 Å². The van der Waals surface area contributed by atoms with Crippen LogP contribution in [0.3, 0.4) is 0 Å². The molecule has 0 aliphatic rings. The maximum Gasteiger partial charge on any atom is 0.271 e. The lowest BCUT2D eigenvalue weighted by Gasteiger charge is -2.16.